The van der Waals surface area contributed by atoms with Crippen molar-refractivity contribution in [2.24, 2.45) is 0 Å². The lowest BCUT2D eigenvalue weighted by atomic mass is 10.2. The number of ether oxygens (including phenoxy) is 3. The number of methoxy groups -OCH3 is 2. The predicted molar refractivity (Wildman–Crippen MR) is 100 cm³/mol. The van der Waals surface area contributed by atoms with Gasteiger partial charge in [-0.1, -0.05) is 36.4 Å². The first-order chi connectivity index (χ1) is 13.2. The van der Waals surface area contributed by atoms with Crippen LogP contribution in [0.5, 0.6) is 11.5 Å². The number of aromatic nitrogens is 1. The van der Waals surface area contributed by atoms with Gasteiger partial charge >= 0.3 is 5.97 Å². The van der Waals surface area contributed by atoms with Crippen LogP contribution in [0, 0.1) is 0 Å². The van der Waals surface area contributed by atoms with Gasteiger partial charge in [-0.15, -0.1) is 0 Å². The van der Waals surface area contributed by atoms with Crippen LogP contribution in [0.1, 0.15) is 11.5 Å². The number of carbonyl (C=O) groups excluding carboxylic acids is 1. The summed E-state index contributed by atoms with van der Waals surface area (Å²) in [6.07, 6.45) is 4.58. The molecule has 0 saturated heterocycles. The molecule has 27 heavy (non-hydrogen) atoms. The van der Waals surface area contributed by atoms with Gasteiger partial charge in [0.15, 0.2) is 23.9 Å². The highest BCUT2D eigenvalue weighted by Gasteiger charge is 2.08. The molecule has 3 rings (SSSR count). The van der Waals surface area contributed by atoms with Gasteiger partial charge in [0.05, 0.1) is 20.4 Å². The van der Waals surface area contributed by atoms with Crippen molar-refractivity contribution in [3.63, 3.8) is 0 Å². The Morgan fingerprint density at radius 3 is 2.59 bits per heavy atom. The van der Waals surface area contributed by atoms with E-state index in [1.165, 1.54) is 6.08 Å². The van der Waals surface area contributed by atoms with Gasteiger partial charge < -0.3 is 18.6 Å². The molecular formula is C21H19NO5. The molecule has 0 spiro atoms. The third-order valence-electron chi connectivity index (χ3n) is 3.77. The van der Waals surface area contributed by atoms with Crippen molar-refractivity contribution in [2.45, 2.75) is 6.61 Å². The molecule has 0 unspecified atom stereocenters. The summed E-state index contributed by atoms with van der Waals surface area (Å²) >= 11 is 0. The maximum Gasteiger partial charge on any atom is 0.331 e. The van der Waals surface area contributed by atoms with Gasteiger partial charge in [-0.2, -0.15) is 0 Å². The van der Waals surface area contributed by atoms with Crippen molar-refractivity contribution in [3.8, 4) is 22.8 Å². The summed E-state index contributed by atoms with van der Waals surface area (Å²) in [5.74, 6) is 1.67. The van der Waals surface area contributed by atoms with Crippen LogP contribution in [-0.4, -0.2) is 25.2 Å². The number of esters is 1. The van der Waals surface area contributed by atoms with E-state index in [2.05, 4.69) is 4.98 Å². The summed E-state index contributed by atoms with van der Waals surface area (Å²) in [5, 5.41) is 0. The molecule has 0 aliphatic heterocycles. The monoisotopic (exact) mass is 365 g/mol. The van der Waals surface area contributed by atoms with Gasteiger partial charge in [0.1, 0.15) is 0 Å². The fourth-order valence-electron chi connectivity index (χ4n) is 2.41. The van der Waals surface area contributed by atoms with Crippen LogP contribution in [0.25, 0.3) is 17.4 Å². The third-order valence-corrected chi connectivity index (χ3v) is 3.77. The van der Waals surface area contributed by atoms with Gasteiger partial charge in [-0.05, 0) is 23.8 Å². The molecule has 6 nitrogen and oxygen atoms in total. The summed E-state index contributed by atoms with van der Waals surface area (Å²) in [7, 11) is 3.12. The Morgan fingerprint density at radius 1 is 1.07 bits per heavy atom. The first kappa shape index (κ1) is 18.3. The van der Waals surface area contributed by atoms with E-state index < -0.39 is 5.97 Å². The van der Waals surface area contributed by atoms with Crippen LogP contribution in [0.3, 0.4) is 0 Å². The van der Waals surface area contributed by atoms with Gasteiger partial charge in [0, 0.05) is 11.6 Å². The van der Waals surface area contributed by atoms with E-state index in [1.54, 1.807) is 38.6 Å². The van der Waals surface area contributed by atoms with Crippen LogP contribution >= 0.6 is 0 Å². The fourth-order valence-corrected chi connectivity index (χ4v) is 2.41. The number of hydrogen-bond acceptors (Lipinski definition) is 6. The molecule has 2 aromatic carbocycles. The first-order valence-corrected chi connectivity index (χ1v) is 8.26. The predicted octanol–water partition coefficient (Wildman–Crippen LogP) is 4.12. The molecule has 0 atom stereocenters. The van der Waals surface area contributed by atoms with Gasteiger partial charge in [-0.3, -0.25) is 0 Å². The zero-order valence-electron chi connectivity index (χ0n) is 15.0. The lowest BCUT2D eigenvalue weighted by Crippen LogP contribution is -2.00. The largest absolute Gasteiger partial charge is 0.493 e. The molecule has 1 aromatic heterocycles. The highest BCUT2D eigenvalue weighted by atomic mass is 16.5. The second-order valence-corrected chi connectivity index (χ2v) is 5.54. The summed E-state index contributed by atoms with van der Waals surface area (Å²) in [4.78, 5) is 16.0. The number of hydrogen-bond donors (Lipinski definition) is 0. The summed E-state index contributed by atoms with van der Waals surface area (Å²) in [6.45, 7) is -0.0397. The maximum absolute atomic E-state index is 11.9. The zero-order chi connectivity index (χ0) is 19.1. The molecule has 0 aliphatic rings. The van der Waals surface area contributed by atoms with Crippen molar-refractivity contribution in [1.29, 1.82) is 0 Å². The second kappa shape index (κ2) is 8.71. The number of oxazole rings is 1. The molecule has 0 N–H and O–H groups in total. The lowest BCUT2D eigenvalue weighted by Gasteiger charge is -2.07. The molecule has 0 bridgehead atoms. The number of benzene rings is 2. The number of rotatable bonds is 7. The van der Waals surface area contributed by atoms with E-state index >= 15 is 0 Å². The summed E-state index contributed by atoms with van der Waals surface area (Å²) in [6, 6.07) is 14.9. The Kier molecular flexibility index (Phi) is 5.89. The van der Waals surface area contributed by atoms with E-state index in [9.17, 15) is 4.79 Å². The van der Waals surface area contributed by atoms with Crippen LogP contribution < -0.4 is 9.47 Å². The van der Waals surface area contributed by atoms with E-state index in [0.29, 0.717) is 23.1 Å². The zero-order valence-corrected chi connectivity index (χ0v) is 15.0. The molecule has 6 heteroatoms. The fraction of sp³-hybridized carbons (Fsp3) is 0.143. The normalized spacial score (nSPS) is 10.7. The lowest BCUT2D eigenvalue weighted by molar-refractivity contribution is -0.139. The number of nitrogens with zero attached hydrogens (tertiary/aromatic N) is 1. The average molecular weight is 365 g/mol. The molecule has 0 aliphatic carbocycles. The molecule has 138 valence electrons. The standard InChI is InChI=1S/C21H19NO5/c1-24-17-10-8-15(12-18(17)25-2)9-11-21(23)26-14-20-22-13-19(27-20)16-6-4-3-5-7-16/h3-13H,14H2,1-2H3/b11-9+. The van der Waals surface area contributed by atoms with Crippen LogP contribution in [-0.2, 0) is 16.1 Å². The van der Waals surface area contributed by atoms with Crippen molar-refractivity contribution in [1.82, 2.24) is 4.98 Å². The Labute approximate surface area is 157 Å². The Bertz CT molecular complexity index is 931. The molecule has 0 fully saturated rings. The van der Waals surface area contributed by atoms with E-state index in [4.69, 9.17) is 18.6 Å². The SMILES string of the molecule is COc1ccc(/C=C/C(=O)OCc2ncc(-c3ccccc3)o2)cc1OC. The maximum atomic E-state index is 11.9. The summed E-state index contributed by atoms with van der Waals surface area (Å²) < 4.78 is 21.2. The molecule has 0 radical (unpaired) electrons. The molecular weight excluding hydrogens is 346 g/mol. The minimum absolute atomic E-state index is 0.0397. The number of carbonyl (C=O) groups is 1. The minimum Gasteiger partial charge on any atom is -0.493 e. The highest BCUT2D eigenvalue weighted by molar-refractivity contribution is 5.87. The topological polar surface area (TPSA) is 70.8 Å². The third kappa shape index (κ3) is 4.76. The Balaban J connectivity index is 1.57. The average Bonchev–Trinajstić information content (AvgIpc) is 3.20. The van der Waals surface area contributed by atoms with Gasteiger partial charge in [0.25, 0.3) is 0 Å². The van der Waals surface area contributed by atoms with Crippen LogP contribution in [0.15, 0.2) is 65.2 Å². The molecule has 1 heterocycles. The van der Waals surface area contributed by atoms with E-state index in [-0.39, 0.29) is 6.61 Å². The van der Waals surface area contributed by atoms with Crippen molar-refractivity contribution in [3.05, 3.63) is 72.3 Å². The Hall–Kier alpha value is -3.54. The van der Waals surface area contributed by atoms with Crippen molar-refractivity contribution < 1.29 is 23.4 Å². The molecule has 3 aromatic rings. The quantitative estimate of drug-likeness (QED) is 0.463. The summed E-state index contributed by atoms with van der Waals surface area (Å²) in [5.41, 5.74) is 1.70. The van der Waals surface area contributed by atoms with Gasteiger partial charge in [0.2, 0.25) is 5.89 Å². The highest BCUT2D eigenvalue weighted by Crippen LogP contribution is 2.28. The Morgan fingerprint density at radius 2 is 1.85 bits per heavy atom. The second-order valence-electron chi connectivity index (χ2n) is 5.54. The minimum atomic E-state index is -0.496. The van der Waals surface area contributed by atoms with Crippen molar-refractivity contribution >= 4 is 12.0 Å². The molecule has 0 saturated carbocycles. The van der Waals surface area contributed by atoms with E-state index in [1.807, 2.05) is 36.4 Å². The molecule has 0 amide bonds. The van der Waals surface area contributed by atoms with Gasteiger partial charge in [-0.25, -0.2) is 9.78 Å². The van der Waals surface area contributed by atoms with Crippen LogP contribution in [0.2, 0.25) is 0 Å². The van der Waals surface area contributed by atoms with Crippen LogP contribution in [0.4, 0.5) is 0 Å². The smallest absolute Gasteiger partial charge is 0.331 e. The van der Waals surface area contributed by atoms with Crippen molar-refractivity contribution in [2.75, 3.05) is 14.2 Å². The van der Waals surface area contributed by atoms with E-state index in [0.717, 1.165) is 11.1 Å². The first-order valence-electron chi connectivity index (χ1n) is 8.26.